The van der Waals surface area contributed by atoms with E-state index in [1.807, 2.05) is 37.3 Å². The van der Waals surface area contributed by atoms with Crippen LogP contribution in [0.5, 0.6) is 0 Å². The highest BCUT2D eigenvalue weighted by molar-refractivity contribution is 5.76. The van der Waals surface area contributed by atoms with Crippen molar-refractivity contribution in [2.75, 3.05) is 6.54 Å². The SMILES string of the molecule is CCc1cc(=O)n(CC(=O)NCCC2=CCCCC2)c(-c2ccccc2)n1. The summed E-state index contributed by atoms with van der Waals surface area (Å²) in [4.78, 5) is 29.6. The quantitative estimate of drug-likeness (QED) is 0.764. The number of hydrogen-bond acceptors (Lipinski definition) is 3. The molecule has 0 saturated heterocycles. The third-order valence-corrected chi connectivity index (χ3v) is 4.91. The average Bonchev–Trinajstić information content (AvgIpc) is 2.70. The Hall–Kier alpha value is -2.69. The van der Waals surface area contributed by atoms with E-state index in [1.54, 1.807) is 0 Å². The van der Waals surface area contributed by atoms with Gasteiger partial charge in [0.25, 0.3) is 5.56 Å². The number of carbonyl (C=O) groups excluding carboxylic acids is 1. The summed E-state index contributed by atoms with van der Waals surface area (Å²) in [7, 11) is 0. The standard InChI is InChI=1S/C22H27N3O2/c1-2-19-15-21(27)25(22(24-19)18-11-7-4-8-12-18)16-20(26)23-14-13-17-9-5-3-6-10-17/h4,7-9,11-12,15H,2-3,5-6,10,13-14,16H2,1H3,(H,23,26). The number of nitrogens with zero attached hydrogens (tertiary/aromatic N) is 2. The van der Waals surface area contributed by atoms with E-state index in [1.165, 1.54) is 29.0 Å². The lowest BCUT2D eigenvalue weighted by Crippen LogP contribution is -2.34. The molecule has 5 nitrogen and oxygen atoms in total. The third-order valence-electron chi connectivity index (χ3n) is 4.91. The van der Waals surface area contributed by atoms with E-state index in [9.17, 15) is 9.59 Å². The summed E-state index contributed by atoms with van der Waals surface area (Å²) in [6.45, 7) is 2.56. The maximum atomic E-state index is 12.6. The Morgan fingerprint density at radius 1 is 1.22 bits per heavy atom. The highest BCUT2D eigenvalue weighted by atomic mass is 16.2. The van der Waals surface area contributed by atoms with Crippen molar-refractivity contribution in [2.24, 2.45) is 0 Å². The van der Waals surface area contributed by atoms with Gasteiger partial charge in [-0.2, -0.15) is 0 Å². The van der Waals surface area contributed by atoms with Crippen molar-refractivity contribution < 1.29 is 4.79 Å². The fourth-order valence-corrected chi connectivity index (χ4v) is 3.39. The molecule has 0 saturated carbocycles. The van der Waals surface area contributed by atoms with Gasteiger partial charge in [0, 0.05) is 23.9 Å². The number of amides is 1. The molecule has 1 N–H and O–H groups in total. The average molecular weight is 365 g/mol. The second kappa shape index (κ2) is 9.31. The van der Waals surface area contributed by atoms with Crippen LogP contribution in [0.3, 0.4) is 0 Å². The van der Waals surface area contributed by atoms with E-state index in [0.29, 0.717) is 18.8 Å². The molecule has 0 unspecified atom stereocenters. The molecule has 27 heavy (non-hydrogen) atoms. The van der Waals surface area contributed by atoms with Gasteiger partial charge < -0.3 is 5.32 Å². The highest BCUT2D eigenvalue weighted by Crippen LogP contribution is 2.19. The van der Waals surface area contributed by atoms with Crippen molar-refractivity contribution in [3.05, 3.63) is 64.1 Å². The van der Waals surface area contributed by atoms with Gasteiger partial charge in [-0.15, -0.1) is 0 Å². The van der Waals surface area contributed by atoms with Crippen LogP contribution in [-0.4, -0.2) is 22.0 Å². The summed E-state index contributed by atoms with van der Waals surface area (Å²) in [5.74, 6) is 0.391. The molecule has 1 aromatic carbocycles. The van der Waals surface area contributed by atoms with Crippen molar-refractivity contribution in [1.29, 1.82) is 0 Å². The normalized spacial score (nSPS) is 13.9. The summed E-state index contributed by atoms with van der Waals surface area (Å²) >= 11 is 0. The van der Waals surface area contributed by atoms with Crippen LogP contribution in [0.1, 0.15) is 44.7 Å². The number of allylic oxidation sites excluding steroid dienone is 1. The maximum Gasteiger partial charge on any atom is 0.254 e. The summed E-state index contributed by atoms with van der Waals surface area (Å²) in [5, 5.41) is 2.95. The van der Waals surface area contributed by atoms with Crippen LogP contribution < -0.4 is 10.9 Å². The van der Waals surface area contributed by atoms with Gasteiger partial charge >= 0.3 is 0 Å². The van der Waals surface area contributed by atoms with Crippen molar-refractivity contribution in [1.82, 2.24) is 14.9 Å². The van der Waals surface area contributed by atoms with Crippen molar-refractivity contribution in [2.45, 2.75) is 52.0 Å². The Morgan fingerprint density at radius 2 is 2.04 bits per heavy atom. The second-order valence-corrected chi connectivity index (χ2v) is 6.92. The lowest BCUT2D eigenvalue weighted by atomic mass is 9.97. The molecule has 3 rings (SSSR count). The molecular formula is C22H27N3O2. The van der Waals surface area contributed by atoms with Gasteiger partial charge in [-0.3, -0.25) is 14.2 Å². The first kappa shape index (κ1) is 19.1. The summed E-state index contributed by atoms with van der Waals surface area (Å²) < 4.78 is 1.46. The van der Waals surface area contributed by atoms with E-state index < -0.39 is 0 Å². The molecule has 0 radical (unpaired) electrons. The van der Waals surface area contributed by atoms with E-state index in [4.69, 9.17) is 0 Å². The molecule has 0 fully saturated rings. The minimum absolute atomic E-state index is 0.0148. The van der Waals surface area contributed by atoms with Gasteiger partial charge in [-0.25, -0.2) is 4.98 Å². The zero-order chi connectivity index (χ0) is 19.1. The molecule has 0 bridgehead atoms. The number of hydrogen-bond donors (Lipinski definition) is 1. The molecule has 2 aromatic rings. The molecule has 1 amide bonds. The molecule has 1 aliphatic carbocycles. The van der Waals surface area contributed by atoms with E-state index >= 15 is 0 Å². The number of rotatable bonds is 7. The van der Waals surface area contributed by atoms with Gasteiger partial charge in [0.2, 0.25) is 5.91 Å². The Labute approximate surface area is 160 Å². The van der Waals surface area contributed by atoms with E-state index in [0.717, 1.165) is 30.5 Å². The molecule has 142 valence electrons. The number of carbonyl (C=O) groups is 1. The first-order valence-electron chi connectivity index (χ1n) is 9.78. The van der Waals surface area contributed by atoms with Gasteiger partial charge in [0.15, 0.2) is 0 Å². The molecule has 0 spiro atoms. The number of aryl methyl sites for hydroxylation is 1. The maximum absolute atomic E-state index is 12.6. The minimum atomic E-state index is -0.189. The lowest BCUT2D eigenvalue weighted by Gasteiger charge is -2.15. The molecule has 1 aliphatic rings. The Kier molecular flexibility index (Phi) is 6.58. The number of aromatic nitrogens is 2. The summed E-state index contributed by atoms with van der Waals surface area (Å²) in [6, 6.07) is 11.1. The molecule has 0 atom stereocenters. The van der Waals surface area contributed by atoms with Crippen LogP contribution in [0, 0.1) is 0 Å². The molecule has 1 aromatic heterocycles. The first-order chi connectivity index (χ1) is 13.2. The van der Waals surface area contributed by atoms with E-state index in [-0.39, 0.29) is 18.0 Å². The smallest absolute Gasteiger partial charge is 0.254 e. The molecule has 0 aliphatic heterocycles. The minimum Gasteiger partial charge on any atom is -0.354 e. The van der Waals surface area contributed by atoms with Gasteiger partial charge in [0.05, 0.1) is 0 Å². The fraction of sp³-hybridized carbons (Fsp3) is 0.409. The van der Waals surface area contributed by atoms with Crippen LogP contribution >= 0.6 is 0 Å². The van der Waals surface area contributed by atoms with Gasteiger partial charge in [0.1, 0.15) is 12.4 Å². The molecular weight excluding hydrogens is 338 g/mol. The number of nitrogens with one attached hydrogen (secondary N) is 1. The summed E-state index contributed by atoms with van der Waals surface area (Å²) in [6.07, 6.45) is 8.65. The predicted octanol–water partition coefficient (Wildman–Crippen LogP) is 3.48. The zero-order valence-corrected chi connectivity index (χ0v) is 15.9. The number of benzene rings is 1. The predicted molar refractivity (Wildman–Crippen MR) is 107 cm³/mol. The van der Waals surface area contributed by atoms with Crippen LogP contribution in [-0.2, 0) is 17.8 Å². The van der Waals surface area contributed by atoms with Gasteiger partial charge in [-0.05, 0) is 38.5 Å². The Morgan fingerprint density at radius 3 is 2.74 bits per heavy atom. The van der Waals surface area contributed by atoms with Gasteiger partial charge in [-0.1, -0.05) is 48.9 Å². The Bertz CT molecular complexity index is 869. The monoisotopic (exact) mass is 365 g/mol. The molecule has 1 heterocycles. The van der Waals surface area contributed by atoms with Crippen LogP contribution in [0.4, 0.5) is 0 Å². The van der Waals surface area contributed by atoms with Crippen molar-refractivity contribution in [3.8, 4) is 11.4 Å². The summed E-state index contributed by atoms with van der Waals surface area (Å²) in [5.41, 5.74) is 2.81. The highest BCUT2D eigenvalue weighted by Gasteiger charge is 2.13. The largest absolute Gasteiger partial charge is 0.354 e. The second-order valence-electron chi connectivity index (χ2n) is 6.92. The van der Waals surface area contributed by atoms with Crippen molar-refractivity contribution >= 4 is 5.91 Å². The molecule has 5 heteroatoms. The Balaban J connectivity index is 1.72. The van der Waals surface area contributed by atoms with Crippen LogP contribution in [0.15, 0.2) is 52.8 Å². The van der Waals surface area contributed by atoms with Crippen LogP contribution in [0.25, 0.3) is 11.4 Å². The fourth-order valence-electron chi connectivity index (χ4n) is 3.39. The van der Waals surface area contributed by atoms with Crippen LogP contribution in [0.2, 0.25) is 0 Å². The zero-order valence-electron chi connectivity index (χ0n) is 15.9. The first-order valence-corrected chi connectivity index (χ1v) is 9.78. The third kappa shape index (κ3) is 5.16. The van der Waals surface area contributed by atoms with Crippen molar-refractivity contribution in [3.63, 3.8) is 0 Å². The lowest BCUT2D eigenvalue weighted by molar-refractivity contribution is -0.121. The topological polar surface area (TPSA) is 64.0 Å². The van der Waals surface area contributed by atoms with E-state index in [2.05, 4.69) is 16.4 Å².